The second kappa shape index (κ2) is 7.86. The zero-order valence-corrected chi connectivity index (χ0v) is 17.1. The van der Waals surface area contributed by atoms with E-state index in [2.05, 4.69) is 4.72 Å². The van der Waals surface area contributed by atoms with E-state index in [1.54, 1.807) is 52.3 Å². The van der Waals surface area contributed by atoms with E-state index in [0.717, 1.165) is 6.26 Å². The van der Waals surface area contributed by atoms with Gasteiger partial charge in [-0.1, -0.05) is 0 Å². The lowest BCUT2D eigenvalue weighted by Gasteiger charge is -2.35. The first-order valence-corrected chi connectivity index (χ1v) is 11.3. The molecule has 1 N–H and O–H groups in total. The van der Waals surface area contributed by atoms with Crippen molar-refractivity contribution >= 4 is 27.5 Å². The molecule has 0 bridgehead atoms. The second-order valence-corrected chi connectivity index (χ2v) is 8.85. The van der Waals surface area contributed by atoms with Crippen molar-refractivity contribution in [3.8, 4) is 11.5 Å². The number of piperazine rings is 1. The number of hydrogen-bond donors (Lipinski definition) is 1. The summed E-state index contributed by atoms with van der Waals surface area (Å²) in [7, 11) is -3.37. The molecule has 0 spiro atoms. The average molecular weight is 431 g/mol. The molecule has 0 aromatic heterocycles. The van der Waals surface area contributed by atoms with Crippen molar-refractivity contribution in [2.45, 2.75) is 0 Å². The highest BCUT2D eigenvalue weighted by atomic mass is 32.2. The molecule has 0 aliphatic carbocycles. The van der Waals surface area contributed by atoms with E-state index >= 15 is 0 Å². The molecule has 1 saturated heterocycles. The quantitative estimate of drug-likeness (QED) is 0.784. The van der Waals surface area contributed by atoms with Gasteiger partial charge in [0.1, 0.15) is 0 Å². The summed E-state index contributed by atoms with van der Waals surface area (Å²) >= 11 is 0. The normalized spacial score (nSPS) is 15.8. The van der Waals surface area contributed by atoms with E-state index in [1.165, 1.54) is 0 Å². The van der Waals surface area contributed by atoms with Gasteiger partial charge in [-0.05, 0) is 42.5 Å². The number of sulfonamides is 1. The highest BCUT2D eigenvalue weighted by Gasteiger charge is 2.26. The number of nitrogens with one attached hydrogen (secondary N) is 1. The van der Waals surface area contributed by atoms with Crippen LogP contribution in [0.15, 0.2) is 42.5 Å². The van der Waals surface area contributed by atoms with Crippen LogP contribution in [0.5, 0.6) is 11.5 Å². The fourth-order valence-corrected chi connectivity index (χ4v) is 3.97. The Bertz CT molecular complexity index is 1080. The SMILES string of the molecule is CS(=O)(=O)Nc1ccc(C(=O)N2CCN(C(=O)c3ccc4c(c3)OCO4)CC2)cc1. The number of fused-ring (bicyclic) bond motifs is 1. The molecule has 2 aliphatic heterocycles. The van der Waals surface area contributed by atoms with Crippen molar-refractivity contribution in [1.29, 1.82) is 0 Å². The van der Waals surface area contributed by atoms with E-state index in [1.807, 2.05) is 0 Å². The Labute approximate surface area is 174 Å². The zero-order chi connectivity index (χ0) is 21.3. The average Bonchev–Trinajstić information content (AvgIpc) is 3.20. The Balaban J connectivity index is 1.36. The number of nitrogens with zero attached hydrogens (tertiary/aromatic N) is 2. The molecule has 9 nitrogen and oxygen atoms in total. The summed E-state index contributed by atoms with van der Waals surface area (Å²) in [6, 6.07) is 11.4. The first-order valence-electron chi connectivity index (χ1n) is 9.36. The summed E-state index contributed by atoms with van der Waals surface area (Å²) in [5, 5.41) is 0. The Morgan fingerprint density at radius 1 is 0.833 bits per heavy atom. The molecule has 2 aromatic rings. The molecule has 10 heteroatoms. The zero-order valence-electron chi connectivity index (χ0n) is 16.3. The first-order chi connectivity index (χ1) is 14.3. The predicted octanol–water partition coefficient (Wildman–Crippen LogP) is 1.38. The monoisotopic (exact) mass is 431 g/mol. The minimum Gasteiger partial charge on any atom is -0.454 e. The summed E-state index contributed by atoms with van der Waals surface area (Å²) in [4.78, 5) is 28.9. The van der Waals surface area contributed by atoms with Crippen molar-refractivity contribution < 1.29 is 27.5 Å². The van der Waals surface area contributed by atoms with Gasteiger partial charge >= 0.3 is 0 Å². The number of ether oxygens (including phenoxy) is 2. The summed E-state index contributed by atoms with van der Waals surface area (Å²) in [5.41, 5.74) is 1.38. The Hall–Kier alpha value is -3.27. The summed E-state index contributed by atoms with van der Waals surface area (Å²) in [5.74, 6) is 0.913. The van der Waals surface area contributed by atoms with Gasteiger partial charge in [0, 0.05) is 43.0 Å². The van der Waals surface area contributed by atoms with E-state index in [9.17, 15) is 18.0 Å². The van der Waals surface area contributed by atoms with Crippen LogP contribution in [0.1, 0.15) is 20.7 Å². The standard InChI is InChI=1S/C20H21N3O6S/c1-30(26,27)21-16-5-2-14(3-6-16)19(24)22-8-10-23(11-9-22)20(25)15-4-7-17-18(12-15)29-13-28-17/h2-7,12,21H,8-11,13H2,1H3. The molecule has 2 amide bonds. The van der Waals surface area contributed by atoms with Gasteiger partial charge in [-0.3, -0.25) is 14.3 Å². The van der Waals surface area contributed by atoms with E-state index in [4.69, 9.17) is 9.47 Å². The fraction of sp³-hybridized carbons (Fsp3) is 0.300. The number of hydrogen-bond acceptors (Lipinski definition) is 6. The number of amides is 2. The second-order valence-electron chi connectivity index (χ2n) is 7.10. The molecule has 0 saturated carbocycles. The third-order valence-corrected chi connectivity index (χ3v) is 5.52. The maximum atomic E-state index is 12.8. The van der Waals surface area contributed by atoms with E-state index in [0.29, 0.717) is 54.5 Å². The summed E-state index contributed by atoms with van der Waals surface area (Å²) in [6.45, 7) is 1.83. The van der Waals surface area contributed by atoms with E-state index in [-0.39, 0.29) is 18.6 Å². The van der Waals surface area contributed by atoms with Crippen molar-refractivity contribution in [2.24, 2.45) is 0 Å². The number of rotatable bonds is 4. The number of benzene rings is 2. The smallest absolute Gasteiger partial charge is 0.254 e. The third-order valence-electron chi connectivity index (χ3n) is 4.91. The van der Waals surface area contributed by atoms with Crippen molar-refractivity contribution in [1.82, 2.24) is 9.80 Å². The first kappa shape index (κ1) is 20.0. The van der Waals surface area contributed by atoms with E-state index < -0.39 is 10.0 Å². The van der Waals surface area contributed by atoms with Gasteiger partial charge < -0.3 is 19.3 Å². The molecule has 1 fully saturated rings. The lowest BCUT2D eigenvalue weighted by atomic mass is 10.1. The molecule has 30 heavy (non-hydrogen) atoms. The molecule has 158 valence electrons. The van der Waals surface area contributed by atoms with Gasteiger partial charge in [-0.15, -0.1) is 0 Å². The van der Waals surface area contributed by atoms with Gasteiger partial charge in [-0.25, -0.2) is 8.42 Å². The largest absolute Gasteiger partial charge is 0.454 e. The van der Waals surface area contributed by atoms with Crippen LogP contribution >= 0.6 is 0 Å². The molecular weight excluding hydrogens is 410 g/mol. The highest BCUT2D eigenvalue weighted by molar-refractivity contribution is 7.92. The summed E-state index contributed by atoms with van der Waals surface area (Å²) < 4.78 is 35.5. The van der Waals surface area contributed by atoms with Crippen LogP contribution in [-0.2, 0) is 10.0 Å². The number of anilines is 1. The van der Waals surface area contributed by atoms with Crippen molar-refractivity contribution in [3.63, 3.8) is 0 Å². The van der Waals surface area contributed by atoms with Crippen LogP contribution in [0.4, 0.5) is 5.69 Å². The van der Waals surface area contributed by atoms with Crippen LogP contribution in [0.2, 0.25) is 0 Å². The fourth-order valence-electron chi connectivity index (χ4n) is 3.40. The van der Waals surface area contributed by atoms with Crippen molar-refractivity contribution in [2.75, 3.05) is 43.9 Å². The molecule has 2 aliphatic rings. The maximum Gasteiger partial charge on any atom is 0.254 e. The van der Waals surface area contributed by atoms with Gasteiger partial charge in [0.05, 0.1) is 6.26 Å². The number of carbonyl (C=O) groups excluding carboxylic acids is 2. The topological polar surface area (TPSA) is 105 Å². The highest BCUT2D eigenvalue weighted by Crippen LogP contribution is 2.32. The summed E-state index contributed by atoms with van der Waals surface area (Å²) in [6.07, 6.45) is 1.07. The van der Waals surface area contributed by atoms with Gasteiger partial charge in [-0.2, -0.15) is 0 Å². The van der Waals surface area contributed by atoms with Gasteiger partial charge in [0.25, 0.3) is 11.8 Å². The minimum atomic E-state index is -3.37. The van der Waals surface area contributed by atoms with Crippen LogP contribution in [-0.4, -0.2) is 69.3 Å². The Morgan fingerprint density at radius 3 is 1.97 bits per heavy atom. The molecule has 2 aromatic carbocycles. The molecular formula is C20H21N3O6S. The van der Waals surface area contributed by atoms with Crippen LogP contribution in [0, 0.1) is 0 Å². The third kappa shape index (κ3) is 4.33. The lowest BCUT2D eigenvalue weighted by Crippen LogP contribution is -2.50. The lowest BCUT2D eigenvalue weighted by molar-refractivity contribution is 0.0535. The minimum absolute atomic E-state index is 0.114. The van der Waals surface area contributed by atoms with Crippen LogP contribution in [0.25, 0.3) is 0 Å². The maximum absolute atomic E-state index is 12.8. The van der Waals surface area contributed by atoms with Crippen LogP contribution < -0.4 is 14.2 Å². The predicted molar refractivity (Wildman–Crippen MR) is 109 cm³/mol. The van der Waals surface area contributed by atoms with Crippen LogP contribution in [0.3, 0.4) is 0 Å². The molecule has 0 radical (unpaired) electrons. The Morgan fingerprint density at radius 2 is 1.37 bits per heavy atom. The molecule has 0 atom stereocenters. The molecule has 4 rings (SSSR count). The molecule has 0 unspecified atom stereocenters. The van der Waals surface area contributed by atoms with Gasteiger partial charge in [0.15, 0.2) is 11.5 Å². The van der Waals surface area contributed by atoms with Gasteiger partial charge in [0.2, 0.25) is 16.8 Å². The van der Waals surface area contributed by atoms with Crippen molar-refractivity contribution in [3.05, 3.63) is 53.6 Å². The molecule has 2 heterocycles. The number of carbonyl (C=O) groups is 2. The Kier molecular flexibility index (Phi) is 5.25.